The molecule has 0 amide bonds. The third kappa shape index (κ3) is 6.31. The summed E-state index contributed by atoms with van der Waals surface area (Å²) in [6.07, 6.45) is -3.83. The quantitative estimate of drug-likeness (QED) is 0.195. The first-order valence-electron chi connectivity index (χ1n) is 9.46. The number of aryl methyl sites for hydroxylation is 1. The molecule has 0 aliphatic rings. The molecule has 0 N–H and O–H groups in total. The molecule has 182 valence electrons. The van der Waals surface area contributed by atoms with Crippen LogP contribution in [-0.2, 0) is 12.6 Å². The Morgan fingerprint density at radius 2 is 1.44 bits per heavy atom. The van der Waals surface area contributed by atoms with Crippen LogP contribution < -0.4 is 0 Å². The van der Waals surface area contributed by atoms with Crippen molar-refractivity contribution in [3.8, 4) is 11.1 Å². The summed E-state index contributed by atoms with van der Waals surface area (Å²) in [5.74, 6) is -6.35. The minimum atomic E-state index is -5.24. The molecule has 0 aromatic heterocycles. The van der Waals surface area contributed by atoms with E-state index in [1.807, 2.05) is 6.92 Å². The third-order valence-corrected chi connectivity index (χ3v) is 4.81. The van der Waals surface area contributed by atoms with E-state index in [4.69, 9.17) is 11.6 Å². The lowest BCUT2D eigenvalue weighted by molar-refractivity contribution is -0.142. The molecule has 0 spiro atoms. The van der Waals surface area contributed by atoms with Crippen molar-refractivity contribution in [3.05, 3.63) is 93.3 Å². The molecule has 0 aliphatic carbocycles. The Kier molecular flexibility index (Phi) is 8.77. The van der Waals surface area contributed by atoms with Gasteiger partial charge in [0.15, 0.2) is 0 Å². The monoisotopic (exact) mass is 512 g/mol. The van der Waals surface area contributed by atoms with Gasteiger partial charge in [0.05, 0.1) is 5.56 Å². The summed E-state index contributed by atoms with van der Waals surface area (Å²) in [6, 6.07) is 3.47. The van der Waals surface area contributed by atoms with Crippen molar-refractivity contribution < 1.29 is 44.3 Å². The molecule has 0 fully saturated rings. The molecule has 3 aromatic rings. The Bertz CT molecular complexity index is 1180. The van der Waals surface area contributed by atoms with Crippen molar-refractivity contribution in [1.82, 2.24) is 0 Å². The van der Waals surface area contributed by atoms with Crippen molar-refractivity contribution in [3.63, 3.8) is 0 Å². The second kappa shape index (κ2) is 10.9. The fraction of sp³-hybridized carbons (Fsp3) is 0.174. The van der Waals surface area contributed by atoms with Gasteiger partial charge in [-0.05, 0) is 47.9 Å². The van der Waals surface area contributed by atoms with Gasteiger partial charge < -0.3 is 0 Å². The summed E-state index contributed by atoms with van der Waals surface area (Å²) in [5, 5.41) is -0.402. The smallest absolute Gasteiger partial charge is 0.255 e. The molecule has 0 aliphatic heterocycles. The molecule has 0 heterocycles. The molecule has 3 rings (SSSR count). The average molecular weight is 513 g/mol. The topological polar surface area (TPSA) is 17.1 Å². The molecule has 0 saturated heterocycles. The summed E-state index contributed by atoms with van der Waals surface area (Å²) in [5.41, 5.74) is -3.24. The second-order valence-corrected chi connectivity index (χ2v) is 7.24. The van der Waals surface area contributed by atoms with Crippen LogP contribution in [0.25, 0.3) is 11.1 Å². The van der Waals surface area contributed by atoms with Crippen LogP contribution >= 0.6 is 11.6 Å². The molecule has 0 radical (unpaired) electrons. The van der Waals surface area contributed by atoms with Gasteiger partial charge in [0.1, 0.15) is 39.7 Å². The number of benzene rings is 3. The first kappa shape index (κ1) is 27.2. The summed E-state index contributed by atoms with van der Waals surface area (Å²) >= 11 is 5.37. The summed E-state index contributed by atoms with van der Waals surface area (Å²) in [7, 11) is 0. The normalized spacial score (nSPS) is 11.1. The lowest BCUT2D eigenvalue weighted by Crippen LogP contribution is -2.11. The summed E-state index contributed by atoms with van der Waals surface area (Å²) in [4.78, 5) is 10.4. The minimum absolute atomic E-state index is 0.307. The molecule has 1 nitrogen and oxygen atoms in total. The maximum atomic E-state index is 13.7. The Labute approximate surface area is 192 Å². The standard InChI is InChI=1S/C14H5F7O.C9H9ClF2/c15-9-3-6(13(18)22)1-2-8(9)7-4-10(16)12(11(17)5-7)14(19,20)21;1-2-3-6-4-5-7(11)8(10)9(6)12/h1-5H;4-5H,2-3H2,1H3. The van der Waals surface area contributed by atoms with Crippen LogP contribution in [0.3, 0.4) is 0 Å². The molecule has 34 heavy (non-hydrogen) atoms. The van der Waals surface area contributed by atoms with Gasteiger partial charge >= 0.3 is 12.2 Å². The molecule has 11 heteroatoms. The maximum absolute atomic E-state index is 13.7. The van der Waals surface area contributed by atoms with Crippen LogP contribution in [0, 0.1) is 29.1 Å². The molecular weight excluding hydrogens is 499 g/mol. The van der Waals surface area contributed by atoms with E-state index in [9.17, 15) is 44.3 Å². The molecule has 0 saturated carbocycles. The van der Waals surface area contributed by atoms with Gasteiger partial charge in [0, 0.05) is 5.56 Å². The fourth-order valence-corrected chi connectivity index (χ4v) is 3.08. The van der Waals surface area contributed by atoms with Gasteiger partial charge in [-0.1, -0.05) is 37.1 Å². The lowest BCUT2D eigenvalue weighted by atomic mass is 10.0. The molecule has 3 aromatic carbocycles. The Hall–Kier alpha value is -3.01. The van der Waals surface area contributed by atoms with E-state index in [0.717, 1.165) is 18.6 Å². The van der Waals surface area contributed by atoms with Gasteiger partial charge in [-0.2, -0.15) is 17.6 Å². The van der Waals surface area contributed by atoms with Gasteiger partial charge in [-0.15, -0.1) is 0 Å². The van der Waals surface area contributed by atoms with E-state index in [1.165, 1.54) is 12.1 Å². The molecular formula is C23H14ClF9O. The first-order chi connectivity index (χ1) is 15.8. The molecule has 0 unspecified atom stereocenters. The lowest BCUT2D eigenvalue weighted by Gasteiger charge is -2.11. The zero-order chi connectivity index (χ0) is 25.8. The van der Waals surface area contributed by atoms with Crippen LogP contribution in [0.4, 0.5) is 39.5 Å². The van der Waals surface area contributed by atoms with Gasteiger partial charge in [-0.3, -0.25) is 4.79 Å². The highest BCUT2D eigenvalue weighted by atomic mass is 35.5. The largest absolute Gasteiger partial charge is 0.422 e. The van der Waals surface area contributed by atoms with E-state index in [2.05, 4.69) is 0 Å². The van der Waals surface area contributed by atoms with E-state index in [1.54, 1.807) is 0 Å². The van der Waals surface area contributed by atoms with E-state index in [0.29, 0.717) is 30.2 Å². The number of carbonyl (C=O) groups is 1. The zero-order valence-corrected chi connectivity index (χ0v) is 17.9. The van der Waals surface area contributed by atoms with Crippen LogP contribution in [0.1, 0.15) is 34.8 Å². The molecule has 0 atom stereocenters. The Balaban J connectivity index is 0.000000287. The van der Waals surface area contributed by atoms with E-state index in [-0.39, 0.29) is 0 Å². The van der Waals surface area contributed by atoms with Crippen molar-refractivity contribution >= 4 is 17.6 Å². The maximum Gasteiger partial charge on any atom is 0.422 e. The number of rotatable bonds is 4. The highest BCUT2D eigenvalue weighted by Crippen LogP contribution is 2.36. The summed E-state index contributed by atoms with van der Waals surface area (Å²) < 4.78 is 116. The number of hydrogen-bond donors (Lipinski definition) is 0. The van der Waals surface area contributed by atoms with E-state index >= 15 is 0 Å². The highest BCUT2D eigenvalue weighted by molar-refractivity contribution is 6.30. The Morgan fingerprint density at radius 3 is 1.91 bits per heavy atom. The van der Waals surface area contributed by atoms with Crippen molar-refractivity contribution in [1.29, 1.82) is 0 Å². The van der Waals surface area contributed by atoms with Crippen LogP contribution in [-0.4, -0.2) is 6.04 Å². The predicted octanol–water partition coefficient (Wildman–Crippen LogP) is 8.47. The van der Waals surface area contributed by atoms with Gasteiger partial charge in [0.2, 0.25) is 0 Å². The number of carbonyl (C=O) groups excluding carboxylic acids is 1. The number of halogens is 10. The fourth-order valence-electron chi connectivity index (χ4n) is 2.90. The van der Waals surface area contributed by atoms with Crippen molar-refractivity contribution in [2.75, 3.05) is 0 Å². The predicted molar refractivity (Wildman–Crippen MR) is 108 cm³/mol. The SMILES string of the molecule is CCCc1ccc(F)c(Cl)c1F.O=C(F)c1ccc(-c2cc(F)c(C(F)(F)F)c(F)c2)c(F)c1. The van der Waals surface area contributed by atoms with Crippen molar-refractivity contribution in [2.24, 2.45) is 0 Å². The van der Waals surface area contributed by atoms with Gasteiger partial charge in [-0.25, -0.2) is 22.0 Å². The summed E-state index contributed by atoms with van der Waals surface area (Å²) in [6.45, 7) is 1.93. The first-order valence-corrected chi connectivity index (χ1v) is 9.84. The Morgan fingerprint density at radius 1 is 0.853 bits per heavy atom. The minimum Gasteiger partial charge on any atom is -0.255 e. The molecule has 0 bridgehead atoms. The zero-order valence-electron chi connectivity index (χ0n) is 17.1. The number of hydrogen-bond acceptors (Lipinski definition) is 1. The third-order valence-electron chi connectivity index (χ3n) is 4.47. The number of alkyl halides is 3. The van der Waals surface area contributed by atoms with Crippen LogP contribution in [0.15, 0.2) is 42.5 Å². The van der Waals surface area contributed by atoms with E-state index < -0.39 is 68.6 Å². The highest BCUT2D eigenvalue weighted by Gasteiger charge is 2.38. The van der Waals surface area contributed by atoms with Gasteiger partial charge in [0.25, 0.3) is 0 Å². The average Bonchev–Trinajstić information content (AvgIpc) is 2.73. The van der Waals surface area contributed by atoms with Crippen LogP contribution in [0.5, 0.6) is 0 Å². The van der Waals surface area contributed by atoms with Crippen molar-refractivity contribution in [2.45, 2.75) is 25.9 Å². The van der Waals surface area contributed by atoms with Crippen LogP contribution in [0.2, 0.25) is 5.02 Å². The second-order valence-electron chi connectivity index (χ2n) is 6.87.